The van der Waals surface area contributed by atoms with Crippen LogP contribution in [0.3, 0.4) is 0 Å². The van der Waals surface area contributed by atoms with E-state index in [1.165, 1.54) is 4.90 Å². The van der Waals surface area contributed by atoms with Crippen LogP contribution >= 0.6 is 23.4 Å². The second-order valence-corrected chi connectivity index (χ2v) is 7.69. The quantitative estimate of drug-likeness (QED) is 0.772. The third kappa shape index (κ3) is 4.76. The number of hydrogen-bond acceptors (Lipinski definition) is 4. The number of nitrogens with one attached hydrogen (secondary N) is 1. The van der Waals surface area contributed by atoms with Gasteiger partial charge in [0, 0.05) is 17.0 Å². The van der Waals surface area contributed by atoms with Crippen molar-refractivity contribution in [1.82, 2.24) is 4.90 Å². The van der Waals surface area contributed by atoms with Gasteiger partial charge in [-0.15, -0.1) is 11.8 Å². The fourth-order valence-electron chi connectivity index (χ4n) is 3.06. The van der Waals surface area contributed by atoms with Crippen LogP contribution in [0.25, 0.3) is 0 Å². The van der Waals surface area contributed by atoms with Gasteiger partial charge >= 0.3 is 0 Å². The highest BCUT2D eigenvalue weighted by Gasteiger charge is 2.29. The molecule has 1 heterocycles. The number of para-hydroxylation sites is 1. The Hall–Kier alpha value is -2.18. The normalized spacial score (nSPS) is 15.4. The van der Waals surface area contributed by atoms with E-state index >= 15 is 0 Å². The Morgan fingerprint density at radius 2 is 2.07 bits per heavy atom. The fourth-order valence-corrected chi connectivity index (χ4v) is 3.81. The maximum atomic E-state index is 12.7. The van der Waals surface area contributed by atoms with Crippen LogP contribution in [0.5, 0.6) is 5.75 Å². The van der Waals surface area contributed by atoms with Crippen LogP contribution in [0, 0.1) is 5.92 Å². The Morgan fingerprint density at radius 1 is 1.30 bits per heavy atom. The molecule has 1 aliphatic rings. The molecule has 1 atom stereocenters. The Labute approximate surface area is 168 Å². The zero-order chi connectivity index (χ0) is 19.4. The van der Waals surface area contributed by atoms with Crippen molar-refractivity contribution in [3.05, 3.63) is 53.1 Å². The van der Waals surface area contributed by atoms with Gasteiger partial charge in [-0.2, -0.15) is 0 Å². The third-order valence-electron chi connectivity index (χ3n) is 4.42. The van der Waals surface area contributed by atoms with Crippen molar-refractivity contribution in [3.63, 3.8) is 0 Å². The predicted molar refractivity (Wildman–Crippen MR) is 109 cm³/mol. The zero-order valence-electron chi connectivity index (χ0n) is 15.2. The van der Waals surface area contributed by atoms with E-state index in [1.54, 1.807) is 24.9 Å². The van der Waals surface area contributed by atoms with Crippen molar-refractivity contribution in [2.45, 2.75) is 11.3 Å². The molecule has 0 fully saturated rings. The van der Waals surface area contributed by atoms with Crippen LogP contribution < -0.4 is 10.1 Å². The molecule has 142 valence electrons. The molecule has 3 rings (SSSR count). The molecular weight excluding hydrogens is 384 g/mol. The lowest BCUT2D eigenvalue weighted by Gasteiger charge is -2.28. The summed E-state index contributed by atoms with van der Waals surface area (Å²) in [6.07, 6.45) is 2.50. The molecule has 0 unspecified atom stereocenters. The Bertz CT molecular complexity index is 859. The Kier molecular flexibility index (Phi) is 6.29. The molecule has 0 aromatic heterocycles. The van der Waals surface area contributed by atoms with Gasteiger partial charge in [0.15, 0.2) is 0 Å². The van der Waals surface area contributed by atoms with Gasteiger partial charge in [0.25, 0.3) is 0 Å². The molecule has 0 saturated heterocycles. The number of carbonyl (C=O) groups is 2. The number of nitrogens with zero attached hydrogens (tertiary/aromatic N) is 1. The molecule has 5 nitrogen and oxygen atoms in total. The highest BCUT2D eigenvalue weighted by Crippen LogP contribution is 2.30. The number of hydrogen-bond donors (Lipinski definition) is 1. The highest BCUT2D eigenvalue weighted by molar-refractivity contribution is 7.98. The lowest BCUT2D eigenvalue weighted by Crippen LogP contribution is -2.42. The minimum Gasteiger partial charge on any atom is -0.492 e. The molecule has 0 saturated carbocycles. The molecule has 1 aliphatic heterocycles. The summed E-state index contributed by atoms with van der Waals surface area (Å²) in [5.41, 5.74) is 1.67. The molecule has 0 spiro atoms. The van der Waals surface area contributed by atoms with E-state index < -0.39 is 0 Å². The summed E-state index contributed by atoms with van der Waals surface area (Å²) in [5, 5.41) is 3.49. The van der Waals surface area contributed by atoms with Crippen molar-refractivity contribution in [2.75, 3.05) is 31.8 Å². The molecule has 2 aromatic carbocycles. The number of halogens is 1. The molecular formula is C20H21ClN2O3S. The first-order valence-electron chi connectivity index (χ1n) is 8.57. The number of carbonyl (C=O) groups excluding carboxylic acids is 2. The minimum absolute atomic E-state index is 0.0134. The van der Waals surface area contributed by atoms with Crippen LogP contribution in [0.1, 0.15) is 5.56 Å². The zero-order valence-corrected chi connectivity index (χ0v) is 16.8. The van der Waals surface area contributed by atoms with Crippen LogP contribution in [0.4, 0.5) is 5.69 Å². The van der Waals surface area contributed by atoms with Crippen LogP contribution in [0.15, 0.2) is 47.4 Å². The summed E-state index contributed by atoms with van der Waals surface area (Å²) >= 11 is 7.59. The fraction of sp³-hybridized carbons (Fsp3) is 0.300. The van der Waals surface area contributed by atoms with E-state index in [-0.39, 0.29) is 24.3 Å². The maximum absolute atomic E-state index is 12.7. The highest BCUT2D eigenvalue weighted by atomic mass is 35.5. The van der Waals surface area contributed by atoms with Gasteiger partial charge in [-0.25, -0.2) is 0 Å². The smallest absolute Gasteiger partial charge is 0.244 e. The number of amides is 2. The summed E-state index contributed by atoms with van der Waals surface area (Å²) in [5.74, 6) is 0.0891. The van der Waals surface area contributed by atoms with E-state index in [9.17, 15) is 9.59 Å². The van der Waals surface area contributed by atoms with Crippen LogP contribution in [-0.4, -0.2) is 43.2 Å². The van der Waals surface area contributed by atoms with Gasteiger partial charge in [0.2, 0.25) is 11.8 Å². The maximum Gasteiger partial charge on any atom is 0.244 e. The van der Waals surface area contributed by atoms with E-state index in [0.29, 0.717) is 18.1 Å². The lowest BCUT2D eigenvalue weighted by molar-refractivity contribution is -0.138. The monoisotopic (exact) mass is 404 g/mol. The molecule has 7 heteroatoms. The number of fused-ring (bicyclic) bond motifs is 1. The van der Waals surface area contributed by atoms with E-state index in [2.05, 4.69) is 5.32 Å². The number of ether oxygens (including phenoxy) is 1. The first-order valence-corrected chi connectivity index (χ1v) is 10.2. The van der Waals surface area contributed by atoms with Crippen molar-refractivity contribution in [3.8, 4) is 5.75 Å². The van der Waals surface area contributed by atoms with Crippen molar-refractivity contribution < 1.29 is 14.3 Å². The SMILES string of the molecule is CSc1ccccc1NC(=O)CN(C)C(=O)[C@H]1COc2ccc(Cl)cc2C1. The summed E-state index contributed by atoms with van der Waals surface area (Å²) < 4.78 is 5.68. The predicted octanol–water partition coefficient (Wildman–Crippen LogP) is 3.71. The number of rotatable bonds is 5. The van der Waals surface area contributed by atoms with Gasteiger partial charge in [-0.05, 0) is 48.6 Å². The second kappa shape index (κ2) is 8.67. The standard InChI is InChI=1S/C20H21ClN2O3S/c1-23(11-19(24)22-16-5-3-4-6-18(16)27-2)20(25)14-9-13-10-15(21)7-8-17(13)26-12-14/h3-8,10,14H,9,11-12H2,1-2H3,(H,22,24)/t14-/m1/s1. The van der Waals surface area contributed by atoms with E-state index in [4.69, 9.17) is 16.3 Å². The number of anilines is 1. The molecule has 0 bridgehead atoms. The molecule has 0 radical (unpaired) electrons. The van der Waals surface area contributed by atoms with Crippen molar-refractivity contribution in [2.24, 2.45) is 5.92 Å². The average Bonchev–Trinajstić information content (AvgIpc) is 2.67. The van der Waals surface area contributed by atoms with Crippen molar-refractivity contribution >= 4 is 40.9 Å². The van der Waals surface area contributed by atoms with Gasteiger partial charge in [0.1, 0.15) is 12.4 Å². The van der Waals surface area contributed by atoms with E-state index in [1.807, 2.05) is 42.7 Å². The largest absolute Gasteiger partial charge is 0.492 e. The summed E-state index contributed by atoms with van der Waals surface area (Å²) in [6.45, 7) is 0.287. The van der Waals surface area contributed by atoms with Crippen LogP contribution in [0.2, 0.25) is 5.02 Å². The summed E-state index contributed by atoms with van der Waals surface area (Å²) in [7, 11) is 1.63. The van der Waals surface area contributed by atoms with Gasteiger partial charge in [-0.1, -0.05) is 23.7 Å². The van der Waals surface area contributed by atoms with Gasteiger partial charge in [0.05, 0.1) is 18.2 Å². The molecule has 2 aromatic rings. The van der Waals surface area contributed by atoms with Crippen molar-refractivity contribution in [1.29, 1.82) is 0 Å². The molecule has 27 heavy (non-hydrogen) atoms. The van der Waals surface area contributed by atoms with E-state index in [0.717, 1.165) is 21.9 Å². The summed E-state index contributed by atoms with van der Waals surface area (Å²) in [6, 6.07) is 13.0. The Balaban J connectivity index is 1.60. The first kappa shape index (κ1) is 19.6. The first-order chi connectivity index (χ1) is 13.0. The van der Waals surface area contributed by atoms with Gasteiger partial charge in [-0.3, -0.25) is 9.59 Å². The molecule has 2 amide bonds. The Morgan fingerprint density at radius 3 is 2.85 bits per heavy atom. The lowest BCUT2D eigenvalue weighted by atomic mass is 9.95. The molecule has 1 N–H and O–H groups in total. The topological polar surface area (TPSA) is 58.6 Å². The van der Waals surface area contributed by atoms with Crippen LogP contribution in [-0.2, 0) is 16.0 Å². The number of thioether (sulfide) groups is 1. The molecule has 0 aliphatic carbocycles. The minimum atomic E-state index is -0.327. The van der Waals surface area contributed by atoms with Gasteiger partial charge < -0.3 is 15.0 Å². The number of likely N-dealkylation sites (N-methyl/N-ethyl adjacent to an activating group) is 1. The average molecular weight is 405 g/mol. The number of benzene rings is 2. The summed E-state index contributed by atoms with van der Waals surface area (Å²) in [4.78, 5) is 27.5. The third-order valence-corrected chi connectivity index (χ3v) is 5.45. The second-order valence-electron chi connectivity index (χ2n) is 6.41.